The Labute approximate surface area is 126 Å². The van der Waals surface area contributed by atoms with Crippen molar-refractivity contribution in [2.24, 2.45) is 0 Å². The molecule has 0 N–H and O–H groups in total. The van der Waals surface area contributed by atoms with E-state index in [1.54, 1.807) is 12.5 Å². The Balaban J connectivity index is 0.000000222. The average molecular weight is 292 g/mol. The van der Waals surface area contributed by atoms with Crippen LogP contribution in [0.1, 0.15) is 50.5 Å². The molecule has 4 heteroatoms. The van der Waals surface area contributed by atoms with Crippen LogP contribution in [0.15, 0.2) is 30.3 Å². The summed E-state index contributed by atoms with van der Waals surface area (Å²) in [6.45, 7) is 1.90. The monoisotopic (exact) mass is 292 g/mol. The van der Waals surface area contributed by atoms with Crippen molar-refractivity contribution >= 4 is 12.4 Å². The van der Waals surface area contributed by atoms with Crippen LogP contribution in [0, 0.1) is 0 Å². The maximum atomic E-state index is 10.3. The summed E-state index contributed by atoms with van der Waals surface area (Å²) in [5.74, 6) is 0.338. The van der Waals surface area contributed by atoms with Gasteiger partial charge in [0.25, 0.3) is 6.47 Å². The van der Waals surface area contributed by atoms with Gasteiger partial charge in [-0.1, -0.05) is 49.6 Å². The number of hydrogen-bond acceptors (Lipinski definition) is 4. The minimum atomic E-state index is -0.524. The summed E-state index contributed by atoms with van der Waals surface area (Å²) in [5.41, 5.74) is 1.55. The van der Waals surface area contributed by atoms with Gasteiger partial charge in [0, 0.05) is 0 Å². The Morgan fingerprint density at radius 3 is 2.43 bits per heavy atom. The predicted molar refractivity (Wildman–Crippen MR) is 80.9 cm³/mol. The Morgan fingerprint density at radius 1 is 1.19 bits per heavy atom. The summed E-state index contributed by atoms with van der Waals surface area (Å²) in [5, 5.41) is 0. The highest BCUT2D eigenvalue weighted by molar-refractivity contribution is 5.71. The first-order valence-corrected chi connectivity index (χ1v) is 7.53. The van der Waals surface area contributed by atoms with Crippen molar-refractivity contribution in [3.05, 3.63) is 35.9 Å². The maximum Gasteiger partial charge on any atom is 0.344 e. The van der Waals surface area contributed by atoms with Crippen LogP contribution in [-0.4, -0.2) is 25.7 Å². The fourth-order valence-corrected chi connectivity index (χ4v) is 2.47. The second-order valence-corrected chi connectivity index (χ2v) is 4.96. The molecule has 0 unspecified atom stereocenters. The number of carbonyl (C=O) groups excluding carboxylic acids is 2. The van der Waals surface area contributed by atoms with E-state index in [9.17, 15) is 9.59 Å². The number of benzene rings is 1. The number of ether oxygens (including phenoxy) is 2. The first-order chi connectivity index (χ1) is 10.3. The molecule has 0 heterocycles. The van der Waals surface area contributed by atoms with E-state index in [1.165, 1.54) is 32.1 Å². The standard InChI is InChI=1S/C12H16.C5H8O4/c1-3-7-11(8-4-1)12-9-5-2-6-10-12;1-2-9-5(7)3-8-4-6/h1,3-4,7-8,12H,2,5-6,9-10H2;4H,2-3H2,1H3. The summed E-state index contributed by atoms with van der Waals surface area (Å²) in [7, 11) is 0. The fourth-order valence-electron chi connectivity index (χ4n) is 2.47. The first kappa shape index (κ1) is 17.2. The molecular formula is C17H24O4. The van der Waals surface area contributed by atoms with Crippen LogP contribution in [0.5, 0.6) is 0 Å². The van der Waals surface area contributed by atoms with Gasteiger partial charge in [-0.25, -0.2) is 4.79 Å². The molecule has 21 heavy (non-hydrogen) atoms. The lowest BCUT2D eigenvalue weighted by molar-refractivity contribution is -0.152. The van der Waals surface area contributed by atoms with Gasteiger partial charge in [0.1, 0.15) is 0 Å². The van der Waals surface area contributed by atoms with Crippen molar-refractivity contribution in [1.82, 2.24) is 0 Å². The van der Waals surface area contributed by atoms with E-state index in [2.05, 4.69) is 39.8 Å². The van der Waals surface area contributed by atoms with Crippen LogP contribution in [-0.2, 0) is 19.1 Å². The quantitative estimate of drug-likeness (QED) is 0.616. The van der Waals surface area contributed by atoms with Crippen LogP contribution in [0.4, 0.5) is 0 Å². The van der Waals surface area contributed by atoms with Gasteiger partial charge in [0.05, 0.1) is 6.61 Å². The van der Waals surface area contributed by atoms with E-state index in [4.69, 9.17) is 0 Å². The van der Waals surface area contributed by atoms with Crippen molar-refractivity contribution in [3.8, 4) is 0 Å². The fraction of sp³-hybridized carbons (Fsp3) is 0.529. The zero-order valence-electron chi connectivity index (χ0n) is 12.6. The molecule has 1 aliphatic carbocycles. The minimum Gasteiger partial charge on any atom is -0.463 e. The van der Waals surface area contributed by atoms with Crippen molar-refractivity contribution < 1.29 is 19.1 Å². The van der Waals surface area contributed by atoms with E-state index < -0.39 is 5.97 Å². The number of hydrogen-bond donors (Lipinski definition) is 0. The highest BCUT2D eigenvalue weighted by Crippen LogP contribution is 2.32. The molecule has 0 saturated heterocycles. The van der Waals surface area contributed by atoms with Gasteiger partial charge >= 0.3 is 5.97 Å². The zero-order chi connectivity index (χ0) is 15.3. The van der Waals surface area contributed by atoms with Gasteiger partial charge in [-0.05, 0) is 31.2 Å². The Kier molecular flexibility index (Phi) is 8.93. The topological polar surface area (TPSA) is 52.6 Å². The SMILES string of the molecule is CCOC(=O)COC=O.c1ccc(C2CCCCC2)cc1. The van der Waals surface area contributed by atoms with Crippen molar-refractivity contribution in [2.45, 2.75) is 44.9 Å². The average Bonchev–Trinajstić information content (AvgIpc) is 2.55. The van der Waals surface area contributed by atoms with Crippen LogP contribution in [0.3, 0.4) is 0 Å². The Hall–Kier alpha value is -1.84. The van der Waals surface area contributed by atoms with Crippen LogP contribution in [0.25, 0.3) is 0 Å². The van der Waals surface area contributed by atoms with E-state index in [1.807, 2.05) is 0 Å². The molecule has 0 atom stereocenters. The third-order valence-electron chi connectivity index (χ3n) is 3.45. The largest absolute Gasteiger partial charge is 0.463 e. The van der Waals surface area contributed by atoms with Gasteiger partial charge in [-0.15, -0.1) is 0 Å². The molecule has 0 bridgehead atoms. The predicted octanol–water partition coefficient (Wildman–Crippen LogP) is 3.46. The third-order valence-corrected chi connectivity index (χ3v) is 3.45. The molecule has 0 spiro atoms. The highest BCUT2D eigenvalue weighted by Gasteiger charge is 2.14. The summed E-state index contributed by atoms with van der Waals surface area (Å²) < 4.78 is 8.51. The van der Waals surface area contributed by atoms with Gasteiger partial charge in [-0.3, -0.25) is 4.79 Å². The molecule has 1 fully saturated rings. The van der Waals surface area contributed by atoms with Gasteiger partial charge in [0.15, 0.2) is 6.61 Å². The molecule has 1 aromatic rings. The molecule has 0 amide bonds. The van der Waals surface area contributed by atoms with Crippen LogP contribution >= 0.6 is 0 Å². The highest BCUT2D eigenvalue weighted by atomic mass is 16.6. The lowest BCUT2D eigenvalue weighted by Crippen LogP contribution is -2.11. The molecule has 0 aromatic heterocycles. The summed E-state index contributed by atoms with van der Waals surface area (Å²) in [6, 6.07) is 11.0. The molecule has 1 saturated carbocycles. The van der Waals surface area contributed by atoms with Crippen molar-refractivity contribution in [1.29, 1.82) is 0 Å². The third kappa shape index (κ3) is 7.49. The van der Waals surface area contributed by atoms with Crippen LogP contribution < -0.4 is 0 Å². The molecule has 0 aliphatic heterocycles. The minimum absolute atomic E-state index is 0.205. The zero-order valence-corrected chi connectivity index (χ0v) is 12.6. The first-order valence-electron chi connectivity index (χ1n) is 7.53. The summed E-state index contributed by atoms with van der Waals surface area (Å²) in [4.78, 5) is 19.8. The molecule has 2 rings (SSSR count). The van der Waals surface area contributed by atoms with Gasteiger partial charge in [-0.2, -0.15) is 0 Å². The Bertz CT molecular complexity index is 397. The molecule has 4 nitrogen and oxygen atoms in total. The van der Waals surface area contributed by atoms with E-state index >= 15 is 0 Å². The second-order valence-electron chi connectivity index (χ2n) is 4.96. The molecule has 1 aromatic carbocycles. The normalized spacial score (nSPS) is 14.5. The maximum absolute atomic E-state index is 10.3. The Morgan fingerprint density at radius 2 is 1.86 bits per heavy atom. The smallest absolute Gasteiger partial charge is 0.344 e. The van der Waals surface area contributed by atoms with Crippen LogP contribution in [0.2, 0.25) is 0 Å². The van der Waals surface area contributed by atoms with Gasteiger partial charge in [0.2, 0.25) is 0 Å². The number of esters is 1. The van der Waals surface area contributed by atoms with Crippen molar-refractivity contribution in [2.75, 3.05) is 13.2 Å². The van der Waals surface area contributed by atoms with E-state index in [-0.39, 0.29) is 13.1 Å². The lowest BCUT2D eigenvalue weighted by atomic mass is 9.84. The van der Waals surface area contributed by atoms with E-state index in [0.717, 1.165) is 5.92 Å². The number of rotatable bonds is 5. The summed E-state index contributed by atoms with van der Waals surface area (Å²) >= 11 is 0. The molecule has 1 aliphatic rings. The van der Waals surface area contributed by atoms with Gasteiger partial charge < -0.3 is 9.47 Å². The number of carbonyl (C=O) groups is 2. The molecule has 116 valence electrons. The second kappa shape index (κ2) is 10.9. The van der Waals surface area contributed by atoms with E-state index in [0.29, 0.717) is 6.61 Å². The summed E-state index contributed by atoms with van der Waals surface area (Å²) in [6.07, 6.45) is 7.12. The molecule has 0 radical (unpaired) electrons. The van der Waals surface area contributed by atoms with Crippen molar-refractivity contribution in [3.63, 3.8) is 0 Å². The lowest BCUT2D eigenvalue weighted by Gasteiger charge is -2.21. The molecular weight excluding hydrogens is 268 g/mol.